The molecule has 0 unspecified atom stereocenters. The second-order valence-corrected chi connectivity index (χ2v) is 8.46. The molecule has 0 radical (unpaired) electrons. The van der Waals surface area contributed by atoms with Crippen LogP contribution in [0.1, 0.15) is 50.5 Å². The lowest BCUT2D eigenvalue weighted by atomic mass is 10.1. The number of methoxy groups -OCH3 is 1. The number of amides is 2. The molecule has 180 valence electrons. The Balaban J connectivity index is 1.89. The topological polar surface area (TPSA) is 89.4 Å². The van der Waals surface area contributed by atoms with E-state index in [1.807, 2.05) is 24.4 Å². The van der Waals surface area contributed by atoms with Gasteiger partial charge in [-0.3, -0.25) is 14.4 Å². The molecule has 7 nitrogen and oxygen atoms in total. The van der Waals surface area contributed by atoms with Gasteiger partial charge < -0.3 is 19.9 Å². The van der Waals surface area contributed by atoms with Crippen molar-refractivity contribution in [1.29, 1.82) is 0 Å². The van der Waals surface area contributed by atoms with Crippen LogP contribution in [-0.2, 0) is 17.8 Å². The first-order chi connectivity index (χ1) is 16.3. The number of ether oxygens (including phenoxy) is 1. The van der Waals surface area contributed by atoms with E-state index in [0.717, 1.165) is 17.0 Å². The fourth-order valence-electron chi connectivity index (χ4n) is 3.35. The zero-order valence-corrected chi connectivity index (χ0v) is 19.6. The number of rotatable bonds is 10. The minimum atomic E-state index is -0.848. The molecule has 0 saturated carbocycles. The van der Waals surface area contributed by atoms with E-state index in [2.05, 4.69) is 10.6 Å². The van der Waals surface area contributed by atoms with Crippen molar-refractivity contribution in [1.82, 2.24) is 15.2 Å². The Labute approximate surface area is 199 Å². The maximum atomic E-state index is 13.9. The second-order valence-electron chi connectivity index (χ2n) is 7.48. The van der Waals surface area contributed by atoms with Crippen molar-refractivity contribution < 1.29 is 23.1 Å². The number of benzene rings is 1. The lowest BCUT2D eigenvalue weighted by Gasteiger charge is -2.17. The Bertz CT molecular complexity index is 1190. The average Bonchev–Trinajstić information content (AvgIpc) is 3.36. The Hall–Kier alpha value is -3.37. The largest absolute Gasteiger partial charge is 0.383 e. The van der Waals surface area contributed by atoms with Crippen LogP contribution in [-0.4, -0.2) is 30.1 Å². The summed E-state index contributed by atoms with van der Waals surface area (Å²) in [6, 6.07) is 6.83. The van der Waals surface area contributed by atoms with Crippen LogP contribution in [0.25, 0.3) is 0 Å². The van der Waals surface area contributed by atoms with Crippen LogP contribution >= 0.6 is 11.3 Å². The van der Waals surface area contributed by atoms with Crippen molar-refractivity contribution in [3.63, 3.8) is 0 Å². The highest BCUT2D eigenvalue weighted by Gasteiger charge is 2.22. The first-order valence-corrected chi connectivity index (χ1v) is 11.5. The normalized spacial score (nSPS) is 11.8. The van der Waals surface area contributed by atoms with Crippen molar-refractivity contribution >= 4 is 23.2 Å². The molecule has 0 aliphatic heterocycles. The highest BCUT2D eigenvalue weighted by molar-refractivity contribution is 7.10. The number of aromatic nitrogens is 1. The summed E-state index contributed by atoms with van der Waals surface area (Å²) in [6.45, 7) is 2.01. The highest BCUT2D eigenvalue weighted by Crippen LogP contribution is 2.22. The van der Waals surface area contributed by atoms with E-state index in [9.17, 15) is 23.2 Å². The van der Waals surface area contributed by atoms with Crippen molar-refractivity contribution in [2.24, 2.45) is 0 Å². The maximum absolute atomic E-state index is 13.9. The predicted molar refractivity (Wildman–Crippen MR) is 125 cm³/mol. The summed E-state index contributed by atoms with van der Waals surface area (Å²) in [5, 5.41) is 7.11. The van der Waals surface area contributed by atoms with E-state index in [1.165, 1.54) is 41.5 Å². The van der Waals surface area contributed by atoms with E-state index >= 15 is 0 Å². The number of halogens is 2. The summed E-state index contributed by atoms with van der Waals surface area (Å²) >= 11 is 1.49. The average molecular weight is 490 g/mol. The summed E-state index contributed by atoms with van der Waals surface area (Å²) in [7, 11) is 1.50. The fourth-order valence-corrected chi connectivity index (χ4v) is 4.21. The predicted octanol–water partition coefficient (Wildman–Crippen LogP) is 3.65. The summed E-state index contributed by atoms with van der Waals surface area (Å²) in [6.07, 6.45) is 3.27. The number of carbonyl (C=O) groups excluding carboxylic acids is 2. The molecule has 1 aromatic carbocycles. The zero-order chi connectivity index (χ0) is 24.7. The lowest BCUT2D eigenvalue weighted by molar-refractivity contribution is 0.0933. The van der Waals surface area contributed by atoms with Crippen molar-refractivity contribution in [3.05, 3.63) is 91.5 Å². The molecule has 2 amide bonds. The van der Waals surface area contributed by atoms with Gasteiger partial charge >= 0.3 is 0 Å². The Morgan fingerprint density at radius 1 is 1.09 bits per heavy atom. The zero-order valence-electron chi connectivity index (χ0n) is 18.8. The van der Waals surface area contributed by atoms with Crippen LogP contribution in [0.4, 0.5) is 8.78 Å². The number of nitrogens with zero attached hydrogens (tertiary/aromatic N) is 1. The van der Waals surface area contributed by atoms with Crippen LogP contribution < -0.4 is 16.1 Å². The molecule has 2 heterocycles. The third-order valence-electron chi connectivity index (χ3n) is 5.21. The Morgan fingerprint density at radius 3 is 2.35 bits per heavy atom. The van der Waals surface area contributed by atoms with Crippen molar-refractivity contribution in [2.75, 3.05) is 13.7 Å². The van der Waals surface area contributed by atoms with Gasteiger partial charge in [-0.25, -0.2) is 8.78 Å². The third-order valence-corrected chi connectivity index (χ3v) is 6.20. The number of pyridine rings is 1. The SMILES string of the molecule is CC[C@H](NC(=O)c1cn(CCOC)cc(C(=O)NCc2c(F)cccc2F)c1=O)c1cccs1. The smallest absolute Gasteiger partial charge is 0.257 e. The van der Waals surface area contributed by atoms with Gasteiger partial charge in [-0.05, 0) is 30.0 Å². The maximum Gasteiger partial charge on any atom is 0.257 e. The molecule has 0 bridgehead atoms. The molecule has 2 N–H and O–H groups in total. The monoisotopic (exact) mass is 489 g/mol. The Morgan fingerprint density at radius 2 is 1.76 bits per heavy atom. The minimum Gasteiger partial charge on any atom is -0.383 e. The molecule has 1 atom stereocenters. The lowest BCUT2D eigenvalue weighted by Crippen LogP contribution is -2.36. The molecule has 0 aliphatic carbocycles. The molecular weight excluding hydrogens is 464 g/mol. The number of hydrogen-bond donors (Lipinski definition) is 2. The molecule has 0 fully saturated rings. The van der Waals surface area contributed by atoms with E-state index < -0.39 is 35.4 Å². The van der Waals surface area contributed by atoms with Crippen LogP contribution in [0.2, 0.25) is 0 Å². The molecule has 2 aromatic heterocycles. The molecule has 34 heavy (non-hydrogen) atoms. The van der Waals surface area contributed by atoms with E-state index in [-0.39, 0.29) is 35.9 Å². The number of carbonyl (C=O) groups is 2. The van der Waals surface area contributed by atoms with Gasteiger partial charge in [0.25, 0.3) is 11.8 Å². The van der Waals surface area contributed by atoms with Gasteiger partial charge in [0.05, 0.1) is 12.6 Å². The molecule has 3 aromatic rings. The van der Waals surface area contributed by atoms with Gasteiger partial charge in [0.15, 0.2) is 0 Å². The first-order valence-electron chi connectivity index (χ1n) is 10.6. The van der Waals surface area contributed by atoms with E-state index in [0.29, 0.717) is 6.42 Å². The number of hydrogen-bond acceptors (Lipinski definition) is 5. The number of thiophene rings is 1. The van der Waals surface area contributed by atoms with Gasteiger partial charge in [-0.1, -0.05) is 19.1 Å². The van der Waals surface area contributed by atoms with Crippen molar-refractivity contribution in [2.45, 2.75) is 32.5 Å². The first kappa shape index (κ1) is 25.3. The van der Waals surface area contributed by atoms with Gasteiger partial charge in [-0.15, -0.1) is 11.3 Å². The number of nitrogens with one attached hydrogen (secondary N) is 2. The summed E-state index contributed by atoms with van der Waals surface area (Å²) < 4.78 is 34.4. The van der Waals surface area contributed by atoms with Crippen molar-refractivity contribution in [3.8, 4) is 0 Å². The van der Waals surface area contributed by atoms with E-state index in [4.69, 9.17) is 4.74 Å². The third kappa shape index (κ3) is 5.95. The van der Waals surface area contributed by atoms with Gasteiger partial charge in [0, 0.05) is 43.0 Å². The van der Waals surface area contributed by atoms with Crippen LogP contribution in [0, 0.1) is 11.6 Å². The highest BCUT2D eigenvalue weighted by atomic mass is 32.1. The molecule has 0 saturated heterocycles. The summed E-state index contributed by atoms with van der Waals surface area (Å²) in [5.41, 5.74) is -1.63. The van der Waals surface area contributed by atoms with Crippen LogP contribution in [0.5, 0.6) is 0 Å². The molecular formula is C24H25F2N3O4S. The standard InChI is InChI=1S/C24H25F2N3O4S/c1-3-20(21-8-5-11-34-21)28-24(32)17-14-29(9-10-33-2)13-16(22(17)30)23(31)27-12-15-18(25)6-4-7-19(15)26/h4-8,11,13-14,20H,3,9-10,12H2,1-2H3,(H,27,31)(H,28,32)/t20-/m0/s1. The van der Waals surface area contributed by atoms with Crippen LogP contribution in [0.15, 0.2) is 52.9 Å². The van der Waals surface area contributed by atoms with Gasteiger partial charge in [-0.2, -0.15) is 0 Å². The summed E-state index contributed by atoms with van der Waals surface area (Å²) in [4.78, 5) is 39.8. The molecule has 0 spiro atoms. The molecule has 10 heteroatoms. The Kier molecular flexibility index (Phi) is 8.67. The quantitative estimate of drug-likeness (QED) is 0.455. The fraction of sp³-hybridized carbons (Fsp3) is 0.292. The summed E-state index contributed by atoms with van der Waals surface area (Å²) in [5.74, 6) is -3.10. The van der Waals surface area contributed by atoms with Gasteiger partial charge in [0.1, 0.15) is 22.8 Å². The molecule has 0 aliphatic rings. The van der Waals surface area contributed by atoms with Crippen LogP contribution in [0.3, 0.4) is 0 Å². The van der Waals surface area contributed by atoms with Gasteiger partial charge in [0.2, 0.25) is 5.43 Å². The minimum absolute atomic E-state index is 0.212. The second kappa shape index (κ2) is 11.7. The molecule has 3 rings (SSSR count). The van der Waals surface area contributed by atoms with E-state index in [1.54, 1.807) is 0 Å².